The molecule has 0 spiro atoms. The summed E-state index contributed by atoms with van der Waals surface area (Å²) in [6.45, 7) is 0. The fourth-order valence-electron chi connectivity index (χ4n) is 2.23. The summed E-state index contributed by atoms with van der Waals surface area (Å²) < 4.78 is 5.57. The zero-order chi connectivity index (χ0) is 15.6. The first-order valence-electron chi connectivity index (χ1n) is 6.99. The van der Waals surface area contributed by atoms with E-state index in [0.717, 1.165) is 27.2 Å². The minimum Gasteiger partial charge on any atom is -0.453 e. The van der Waals surface area contributed by atoms with Gasteiger partial charge in [-0.15, -0.1) is 11.3 Å². The molecule has 1 aromatic carbocycles. The summed E-state index contributed by atoms with van der Waals surface area (Å²) in [6, 6.07) is 11.4. The minimum atomic E-state index is -0.161. The molecule has 0 amide bonds. The van der Waals surface area contributed by atoms with Crippen LogP contribution in [-0.4, -0.2) is 10.8 Å². The lowest BCUT2D eigenvalue weighted by Gasteiger charge is -1.88. The van der Waals surface area contributed by atoms with Gasteiger partial charge in [-0.3, -0.25) is 4.79 Å². The van der Waals surface area contributed by atoms with Crippen LogP contribution < -0.4 is 0 Å². The Kier molecular flexibility index (Phi) is 3.65. The molecule has 0 atom stereocenters. The summed E-state index contributed by atoms with van der Waals surface area (Å²) in [6.07, 6.45) is 3.23. The van der Waals surface area contributed by atoms with Crippen LogP contribution in [0.1, 0.15) is 16.2 Å². The third-order valence-electron chi connectivity index (χ3n) is 3.36. The highest BCUT2D eigenvalue weighted by molar-refractivity contribution is 7.14. The largest absolute Gasteiger partial charge is 0.453 e. The molecule has 3 nitrogen and oxygen atoms in total. The monoisotopic (exact) mass is 337 g/mol. The van der Waals surface area contributed by atoms with Gasteiger partial charge in [0.05, 0.1) is 5.69 Å². The van der Waals surface area contributed by atoms with Crippen LogP contribution in [0.3, 0.4) is 0 Å². The Hall–Kier alpha value is -2.50. The average Bonchev–Trinajstić information content (AvgIpc) is 3.31. The Balaban J connectivity index is 1.55. The van der Waals surface area contributed by atoms with Crippen molar-refractivity contribution in [2.45, 2.75) is 0 Å². The molecule has 0 bridgehead atoms. The second-order valence-corrected chi connectivity index (χ2v) is 6.57. The molecule has 5 heteroatoms. The van der Waals surface area contributed by atoms with Crippen LogP contribution in [0.5, 0.6) is 0 Å². The number of furan rings is 1. The van der Waals surface area contributed by atoms with Crippen molar-refractivity contribution < 1.29 is 9.21 Å². The number of hydrogen-bond donors (Lipinski definition) is 0. The fraction of sp³-hybridized carbons (Fsp3) is 0. The summed E-state index contributed by atoms with van der Waals surface area (Å²) >= 11 is 3.21. The number of carbonyl (C=O) groups excluding carboxylic acids is 1. The van der Waals surface area contributed by atoms with E-state index in [0.29, 0.717) is 5.76 Å². The number of ketones is 1. The Morgan fingerprint density at radius 2 is 2.09 bits per heavy atom. The summed E-state index contributed by atoms with van der Waals surface area (Å²) in [5.74, 6) is 0.182. The number of allylic oxidation sites excluding steroid dienone is 1. The van der Waals surface area contributed by atoms with E-state index in [1.807, 2.05) is 41.1 Å². The highest BCUT2D eigenvalue weighted by Crippen LogP contribution is 2.26. The zero-order valence-corrected chi connectivity index (χ0v) is 13.6. The number of thiazole rings is 1. The maximum absolute atomic E-state index is 12.2. The van der Waals surface area contributed by atoms with Gasteiger partial charge in [0.2, 0.25) is 5.78 Å². The molecule has 4 rings (SSSR count). The van der Waals surface area contributed by atoms with Gasteiger partial charge in [-0.05, 0) is 35.7 Å². The third-order valence-corrected chi connectivity index (χ3v) is 4.96. The van der Waals surface area contributed by atoms with E-state index >= 15 is 0 Å². The van der Waals surface area contributed by atoms with Crippen LogP contribution in [0, 0.1) is 0 Å². The zero-order valence-electron chi connectivity index (χ0n) is 11.9. The number of carbonyl (C=O) groups is 1. The van der Waals surface area contributed by atoms with Gasteiger partial charge in [0, 0.05) is 21.7 Å². The Labute approximate surface area is 140 Å². The summed E-state index contributed by atoms with van der Waals surface area (Å²) in [7, 11) is 0. The van der Waals surface area contributed by atoms with E-state index in [9.17, 15) is 4.79 Å². The molecular formula is C18H11NO2S2. The minimum absolute atomic E-state index is 0.161. The molecule has 0 fully saturated rings. The Morgan fingerprint density at radius 1 is 1.17 bits per heavy atom. The first-order valence-corrected chi connectivity index (χ1v) is 8.81. The first kappa shape index (κ1) is 14.1. The molecule has 0 radical (unpaired) electrons. The predicted octanol–water partition coefficient (Wildman–Crippen LogP) is 5.51. The topological polar surface area (TPSA) is 43.1 Å². The highest BCUT2D eigenvalue weighted by atomic mass is 32.1. The van der Waals surface area contributed by atoms with Crippen molar-refractivity contribution in [2.24, 2.45) is 0 Å². The first-order chi connectivity index (χ1) is 11.3. The second-order valence-electron chi connectivity index (χ2n) is 4.94. The van der Waals surface area contributed by atoms with Gasteiger partial charge < -0.3 is 4.42 Å². The molecule has 0 N–H and O–H groups in total. The quantitative estimate of drug-likeness (QED) is 0.364. The molecule has 3 heterocycles. The van der Waals surface area contributed by atoms with Gasteiger partial charge in [-0.2, -0.15) is 11.3 Å². The van der Waals surface area contributed by atoms with Crippen LogP contribution in [0.4, 0.5) is 0 Å². The normalized spacial score (nSPS) is 11.5. The average molecular weight is 337 g/mol. The van der Waals surface area contributed by atoms with Crippen molar-refractivity contribution in [3.63, 3.8) is 0 Å². The SMILES string of the molecule is O=C(C=Cc1csc(-c2ccsc2)n1)c1cc2ccccc2o1. The van der Waals surface area contributed by atoms with Gasteiger partial charge in [-0.1, -0.05) is 18.2 Å². The van der Waals surface area contributed by atoms with Crippen LogP contribution in [0.25, 0.3) is 27.6 Å². The molecule has 0 aliphatic carbocycles. The molecule has 0 aliphatic heterocycles. The fourth-order valence-corrected chi connectivity index (χ4v) is 3.73. The van der Waals surface area contributed by atoms with Crippen molar-refractivity contribution >= 4 is 45.5 Å². The van der Waals surface area contributed by atoms with E-state index in [4.69, 9.17) is 4.42 Å². The van der Waals surface area contributed by atoms with Crippen molar-refractivity contribution in [1.29, 1.82) is 0 Å². The predicted molar refractivity (Wildman–Crippen MR) is 95.0 cm³/mol. The molecular weight excluding hydrogens is 326 g/mol. The standard InChI is InChI=1S/C18H11NO2S2/c20-15(17-9-12-3-1-2-4-16(12)21-17)6-5-14-11-23-18(19-14)13-7-8-22-10-13/h1-11H. The number of fused-ring (bicyclic) bond motifs is 1. The third kappa shape index (κ3) is 2.88. The van der Waals surface area contributed by atoms with Crippen LogP contribution in [-0.2, 0) is 0 Å². The number of rotatable bonds is 4. The van der Waals surface area contributed by atoms with Crippen molar-refractivity contribution in [2.75, 3.05) is 0 Å². The van der Waals surface area contributed by atoms with Gasteiger partial charge in [-0.25, -0.2) is 4.98 Å². The Morgan fingerprint density at radius 3 is 2.91 bits per heavy atom. The maximum atomic E-state index is 12.2. The second kappa shape index (κ2) is 5.95. The van der Waals surface area contributed by atoms with Gasteiger partial charge >= 0.3 is 0 Å². The molecule has 0 saturated heterocycles. The molecule has 0 unspecified atom stereocenters. The summed E-state index contributed by atoms with van der Waals surface area (Å²) in [5, 5.41) is 7.92. The number of thiophene rings is 1. The van der Waals surface area contributed by atoms with E-state index in [1.165, 1.54) is 6.08 Å². The maximum Gasteiger partial charge on any atom is 0.221 e. The smallest absolute Gasteiger partial charge is 0.221 e. The number of aromatic nitrogens is 1. The summed E-state index contributed by atoms with van der Waals surface area (Å²) in [4.78, 5) is 16.7. The highest BCUT2D eigenvalue weighted by Gasteiger charge is 2.09. The number of hydrogen-bond acceptors (Lipinski definition) is 5. The van der Waals surface area contributed by atoms with Crippen molar-refractivity contribution in [3.05, 3.63) is 70.1 Å². The van der Waals surface area contributed by atoms with E-state index in [2.05, 4.69) is 10.4 Å². The van der Waals surface area contributed by atoms with Crippen molar-refractivity contribution in [1.82, 2.24) is 4.98 Å². The number of nitrogens with zero attached hydrogens (tertiary/aromatic N) is 1. The lowest BCUT2D eigenvalue weighted by atomic mass is 10.2. The molecule has 0 aliphatic rings. The lowest BCUT2D eigenvalue weighted by Crippen LogP contribution is -1.90. The number of benzene rings is 1. The Bertz CT molecular complexity index is 960. The van der Waals surface area contributed by atoms with Crippen LogP contribution in [0.2, 0.25) is 0 Å². The molecule has 112 valence electrons. The van der Waals surface area contributed by atoms with E-state index in [-0.39, 0.29) is 5.78 Å². The lowest BCUT2D eigenvalue weighted by molar-refractivity contribution is 0.102. The van der Waals surface area contributed by atoms with Gasteiger partial charge in [0.25, 0.3) is 0 Å². The van der Waals surface area contributed by atoms with Crippen LogP contribution >= 0.6 is 22.7 Å². The molecule has 3 aromatic heterocycles. The van der Waals surface area contributed by atoms with E-state index in [1.54, 1.807) is 34.8 Å². The van der Waals surface area contributed by atoms with Gasteiger partial charge in [0.15, 0.2) is 5.76 Å². The molecule has 23 heavy (non-hydrogen) atoms. The number of para-hydroxylation sites is 1. The molecule has 4 aromatic rings. The van der Waals surface area contributed by atoms with Crippen LogP contribution in [0.15, 0.2) is 63.0 Å². The van der Waals surface area contributed by atoms with E-state index < -0.39 is 0 Å². The molecule has 0 saturated carbocycles. The van der Waals surface area contributed by atoms with Gasteiger partial charge in [0.1, 0.15) is 10.6 Å². The summed E-state index contributed by atoms with van der Waals surface area (Å²) in [5.41, 5.74) is 2.61. The van der Waals surface area contributed by atoms with Crippen molar-refractivity contribution in [3.8, 4) is 10.6 Å².